The highest BCUT2D eigenvalue weighted by atomic mass is 32.2. The number of nitrogens with zero attached hydrogens (tertiary/aromatic N) is 1. The predicted molar refractivity (Wildman–Crippen MR) is 101 cm³/mol. The fourth-order valence-corrected chi connectivity index (χ4v) is 4.04. The number of hydrogen-bond acceptors (Lipinski definition) is 4. The van der Waals surface area contributed by atoms with Crippen LogP contribution in [0.5, 0.6) is 0 Å². The lowest BCUT2D eigenvalue weighted by molar-refractivity contribution is -0.135. The van der Waals surface area contributed by atoms with Gasteiger partial charge in [-0.1, -0.05) is 19.1 Å². The van der Waals surface area contributed by atoms with E-state index in [4.69, 9.17) is 5.14 Å². The van der Waals surface area contributed by atoms with E-state index in [-0.39, 0.29) is 28.5 Å². The van der Waals surface area contributed by atoms with Crippen LogP contribution in [0.2, 0.25) is 0 Å². The van der Waals surface area contributed by atoms with E-state index in [1.165, 1.54) is 12.1 Å². The molecule has 148 valence electrons. The maximum Gasteiger partial charge on any atom is 0.238 e. The van der Waals surface area contributed by atoms with Crippen LogP contribution in [-0.2, 0) is 26.0 Å². The molecular formula is C19H27N3O4S. The van der Waals surface area contributed by atoms with Crippen LogP contribution in [-0.4, -0.2) is 44.8 Å². The Kier molecular flexibility index (Phi) is 5.86. The van der Waals surface area contributed by atoms with Crippen molar-refractivity contribution in [2.45, 2.75) is 37.5 Å². The molecule has 0 radical (unpaired) electrons. The average Bonchev–Trinajstić information content (AvgIpc) is 3.42. The second-order valence-electron chi connectivity index (χ2n) is 7.69. The van der Waals surface area contributed by atoms with Crippen molar-refractivity contribution in [2.75, 3.05) is 19.6 Å². The summed E-state index contributed by atoms with van der Waals surface area (Å²) in [6.45, 7) is 4.27. The Labute approximate surface area is 160 Å². The molecule has 8 heteroatoms. The Hall–Kier alpha value is -1.93. The van der Waals surface area contributed by atoms with Gasteiger partial charge in [0.25, 0.3) is 0 Å². The van der Waals surface area contributed by atoms with Gasteiger partial charge in [-0.2, -0.15) is 0 Å². The van der Waals surface area contributed by atoms with E-state index in [1.54, 1.807) is 12.1 Å². The molecule has 1 aliphatic carbocycles. The number of sulfonamides is 1. The van der Waals surface area contributed by atoms with Crippen molar-refractivity contribution in [3.05, 3.63) is 29.8 Å². The summed E-state index contributed by atoms with van der Waals surface area (Å²) in [5.74, 6) is 0.362. The Bertz CT molecular complexity index is 799. The van der Waals surface area contributed by atoms with Gasteiger partial charge in [-0.3, -0.25) is 9.59 Å². The molecule has 2 unspecified atom stereocenters. The first-order chi connectivity index (χ1) is 12.8. The van der Waals surface area contributed by atoms with Gasteiger partial charge in [0, 0.05) is 19.6 Å². The third kappa shape index (κ3) is 5.07. The molecule has 2 aliphatic rings. The lowest BCUT2D eigenvalue weighted by Crippen LogP contribution is -2.39. The van der Waals surface area contributed by atoms with Gasteiger partial charge >= 0.3 is 0 Å². The third-order valence-electron chi connectivity index (χ3n) is 5.50. The van der Waals surface area contributed by atoms with E-state index in [2.05, 4.69) is 12.2 Å². The molecule has 2 amide bonds. The fraction of sp³-hybridized carbons (Fsp3) is 0.579. The summed E-state index contributed by atoms with van der Waals surface area (Å²) in [4.78, 5) is 26.7. The molecule has 2 atom stereocenters. The van der Waals surface area contributed by atoms with E-state index in [1.807, 2.05) is 4.90 Å². The zero-order chi connectivity index (χ0) is 19.6. The van der Waals surface area contributed by atoms with Gasteiger partial charge in [0.2, 0.25) is 21.8 Å². The second-order valence-corrected chi connectivity index (χ2v) is 9.25. The van der Waals surface area contributed by atoms with Gasteiger partial charge in [-0.15, -0.1) is 0 Å². The Balaban J connectivity index is 1.41. The summed E-state index contributed by atoms with van der Waals surface area (Å²) in [6.07, 6.45) is 3.31. The molecular weight excluding hydrogens is 366 g/mol. The minimum atomic E-state index is -3.69. The lowest BCUT2D eigenvalue weighted by atomic mass is 9.99. The first-order valence-electron chi connectivity index (χ1n) is 9.44. The van der Waals surface area contributed by atoms with Crippen LogP contribution in [0.1, 0.15) is 31.7 Å². The normalized spacial score (nSPS) is 23.1. The van der Waals surface area contributed by atoms with Crippen molar-refractivity contribution < 1.29 is 18.0 Å². The first-order valence-corrected chi connectivity index (χ1v) is 11.0. The number of nitrogens with one attached hydrogen (secondary N) is 1. The molecule has 0 bridgehead atoms. The number of carbonyl (C=O) groups excluding carboxylic acids is 2. The molecule has 1 saturated heterocycles. The van der Waals surface area contributed by atoms with Gasteiger partial charge < -0.3 is 10.2 Å². The molecule has 1 heterocycles. The molecule has 0 aromatic heterocycles. The van der Waals surface area contributed by atoms with Crippen molar-refractivity contribution in [3.8, 4) is 0 Å². The Morgan fingerprint density at radius 2 is 1.78 bits per heavy atom. The minimum absolute atomic E-state index is 0.0696. The van der Waals surface area contributed by atoms with Crippen molar-refractivity contribution in [2.24, 2.45) is 22.9 Å². The summed E-state index contributed by atoms with van der Waals surface area (Å²) >= 11 is 0. The molecule has 27 heavy (non-hydrogen) atoms. The standard InChI is InChI=1S/C19H27N3O4S/c1-13-7-10-22(11-8-13)19(24)17-12-16(17)18(23)21-9-6-14-2-4-15(5-3-14)27(20,25)26/h2-5,13,16-17H,6-12H2,1H3,(H,21,23)(H2,20,25,26). The average molecular weight is 394 g/mol. The van der Waals surface area contributed by atoms with Crippen molar-refractivity contribution in [1.29, 1.82) is 0 Å². The molecule has 1 saturated carbocycles. The van der Waals surface area contributed by atoms with E-state index in [0.717, 1.165) is 31.5 Å². The first kappa shape index (κ1) is 19.8. The van der Waals surface area contributed by atoms with E-state index in [9.17, 15) is 18.0 Å². The lowest BCUT2D eigenvalue weighted by Gasteiger charge is -2.30. The number of carbonyl (C=O) groups is 2. The highest BCUT2D eigenvalue weighted by Gasteiger charge is 2.49. The maximum atomic E-state index is 12.5. The highest BCUT2D eigenvalue weighted by Crippen LogP contribution is 2.40. The minimum Gasteiger partial charge on any atom is -0.356 e. The Morgan fingerprint density at radius 3 is 2.37 bits per heavy atom. The highest BCUT2D eigenvalue weighted by molar-refractivity contribution is 7.89. The monoisotopic (exact) mass is 393 g/mol. The number of nitrogens with two attached hydrogens (primary N) is 1. The van der Waals surface area contributed by atoms with E-state index in [0.29, 0.717) is 25.3 Å². The van der Waals surface area contributed by atoms with Crippen LogP contribution >= 0.6 is 0 Å². The largest absolute Gasteiger partial charge is 0.356 e. The van der Waals surface area contributed by atoms with Gasteiger partial charge in [0.1, 0.15) is 0 Å². The molecule has 0 spiro atoms. The zero-order valence-electron chi connectivity index (χ0n) is 15.6. The molecule has 1 aliphatic heterocycles. The van der Waals surface area contributed by atoms with Crippen LogP contribution < -0.4 is 10.5 Å². The number of rotatable bonds is 6. The smallest absolute Gasteiger partial charge is 0.238 e. The van der Waals surface area contributed by atoms with Gasteiger partial charge in [-0.25, -0.2) is 13.6 Å². The van der Waals surface area contributed by atoms with Crippen LogP contribution in [0.15, 0.2) is 29.2 Å². The van der Waals surface area contributed by atoms with Crippen LogP contribution in [0.4, 0.5) is 0 Å². The topological polar surface area (TPSA) is 110 Å². The van der Waals surface area contributed by atoms with Gasteiger partial charge in [0.05, 0.1) is 16.7 Å². The molecule has 7 nitrogen and oxygen atoms in total. The molecule has 3 rings (SSSR count). The number of likely N-dealkylation sites (tertiary alicyclic amines) is 1. The second kappa shape index (κ2) is 7.98. The molecule has 1 aromatic rings. The van der Waals surface area contributed by atoms with Crippen LogP contribution in [0, 0.1) is 17.8 Å². The van der Waals surface area contributed by atoms with Crippen molar-refractivity contribution in [3.63, 3.8) is 0 Å². The maximum absolute atomic E-state index is 12.5. The summed E-state index contributed by atoms with van der Waals surface area (Å²) in [5.41, 5.74) is 0.911. The summed E-state index contributed by atoms with van der Waals surface area (Å²) in [7, 11) is -3.69. The SMILES string of the molecule is CC1CCN(C(=O)C2CC2C(=O)NCCc2ccc(S(N)(=O)=O)cc2)CC1. The Morgan fingerprint density at radius 1 is 1.15 bits per heavy atom. The van der Waals surface area contributed by atoms with Crippen LogP contribution in [0.3, 0.4) is 0 Å². The van der Waals surface area contributed by atoms with Crippen molar-refractivity contribution >= 4 is 21.8 Å². The fourth-order valence-electron chi connectivity index (χ4n) is 3.53. The quantitative estimate of drug-likeness (QED) is 0.748. The predicted octanol–water partition coefficient (Wildman–Crippen LogP) is 0.887. The summed E-state index contributed by atoms with van der Waals surface area (Å²) in [5, 5.41) is 7.95. The molecule has 1 aromatic carbocycles. The number of piperidine rings is 1. The number of primary sulfonamides is 1. The summed E-state index contributed by atoms with van der Waals surface area (Å²) in [6, 6.07) is 6.29. The van der Waals surface area contributed by atoms with Crippen molar-refractivity contribution in [1.82, 2.24) is 10.2 Å². The number of benzene rings is 1. The van der Waals surface area contributed by atoms with E-state index >= 15 is 0 Å². The van der Waals surface area contributed by atoms with Gasteiger partial charge in [0.15, 0.2) is 0 Å². The van der Waals surface area contributed by atoms with Gasteiger partial charge in [-0.05, 0) is 49.3 Å². The molecule has 2 fully saturated rings. The number of hydrogen-bond donors (Lipinski definition) is 2. The van der Waals surface area contributed by atoms with Crippen LogP contribution in [0.25, 0.3) is 0 Å². The summed E-state index contributed by atoms with van der Waals surface area (Å²) < 4.78 is 22.5. The zero-order valence-corrected chi connectivity index (χ0v) is 16.4. The molecule has 3 N–H and O–H groups in total. The number of amides is 2. The van der Waals surface area contributed by atoms with E-state index < -0.39 is 10.0 Å². The third-order valence-corrected chi connectivity index (χ3v) is 6.43.